The van der Waals surface area contributed by atoms with Gasteiger partial charge in [0.2, 0.25) is 0 Å². The number of fused-ring (bicyclic) bond motifs is 13. The Hall–Kier alpha value is -5.94. The van der Waals surface area contributed by atoms with Crippen LogP contribution in [0.15, 0.2) is 114 Å². The lowest BCUT2D eigenvalue weighted by Gasteiger charge is -2.49. The van der Waals surface area contributed by atoms with Gasteiger partial charge in [-0.25, -0.2) is 0 Å². The summed E-state index contributed by atoms with van der Waals surface area (Å²) in [5.41, 5.74) is 25.4. The number of hydrogen-bond acceptors (Lipinski definition) is 3. The van der Waals surface area contributed by atoms with Gasteiger partial charge in [-0.3, -0.25) is 0 Å². The van der Waals surface area contributed by atoms with Crippen molar-refractivity contribution in [2.45, 2.75) is 174 Å². The first-order valence-electron chi connectivity index (χ1n) is 27.1. The van der Waals surface area contributed by atoms with Gasteiger partial charge in [0.15, 0.2) is 5.58 Å². The van der Waals surface area contributed by atoms with Gasteiger partial charge in [0.05, 0.1) is 11.1 Å². The van der Waals surface area contributed by atoms with Crippen LogP contribution in [-0.2, 0) is 32.5 Å². The predicted molar refractivity (Wildman–Crippen MR) is 309 cm³/mol. The third kappa shape index (κ3) is 6.00. The third-order valence-electron chi connectivity index (χ3n) is 19.1. The summed E-state index contributed by atoms with van der Waals surface area (Å²) in [4.78, 5) is 5.53. The number of furan rings is 1. The van der Waals surface area contributed by atoms with E-state index >= 15 is 0 Å². The van der Waals surface area contributed by atoms with Gasteiger partial charge in [0.1, 0.15) is 11.1 Å². The Kier molecular flexibility index (Phi) is 9.06. The van der Waals surface area contributed by atoms with Crippen molar-refractivity contribution in [2.75, 3.05) is 9.80 Å². The second-order valence-electron chi connectivity index (χ2n) is 27.7. The first-order chi connectivity index (χ1) is 33.7. The van der Waals surface area contributed by atoms with Crippen molar-refractivity contribution in [3.05, 3.63) is 148 Å². The van der Waals surface area contributed by atoms with Crippen LogP contribution in [0.3, 0.4) is 0 Å². The zero-order valence-corrected chi connectivity index (χ0v) is 46.0. The number of hydrogen-bond donors (Lipinski definition) is 0. The van der Waals surface area contributed by atoms with Crippen molar-refractivity contribution in [1.29, 1.82) is 0 Å². The molecule has 0 fully saturated rings. The van der Waals surface area contributed by atoms with E-state index < -0.39 is 0 Å². The Labute approximate surface area is 429 Å². The molecule has 0 saturated carbocycles. The van der Waals surface area contributed by atoms with E-state index in [-0.39, 0.29) is 44.7 Å². The molecule has 5 heteroatoms. The maximum absolute atomic E-state index is 7.11. The lowest BCUT2D eigenvalue weighted by atomic mass is 9.33. The smallest absolute Gasteiger partial charge is 0.252 e. The van der Waals surface area contributed by atoms with Crippen LogP contribution in [0.2, 0.25) is 0 Å². The molecule has 5 aliphatic rings. The minimum absolute atomic E-state index is 0.0149. The Morgan fingerprint density at radius 1 is 0.542 bits per heavy atom. The molecule has 2 unspecified atom stereocenters. The van der Waals surface area contributed by atoms with E-state index in [1.165, 1.54) is 107 Å². The number of allylic oxidation sites excluding steroid dienone is 1. The van der Waals surface area contributed by atoms with Crippen molar-refractivity contribution in [3.8, 4) is 5.69 Å². The molecule has 5 heterocycles. The highest BCUT2D eigenvalue weighted by Crippen LogP contribution is 2.61. The summed E-state index contributed by atoms with van der Waals surface area (Å²) in [6.45, 7) is 38.6. The van der Waals surface area contributed by atoms with Crippen LogP contribution in [0.1, 0.15) is 168 Å². The van der Waals surface area contributed by atoms with Crippen LogP contribution in [0, 0.1) is 6.92 Å². The summed E-state index contributed by atoms with van der Waals surface area (Å²) >= 11 is 0. The number of aryl methyl sites for hydroxylation is 1. The van der Waals surface area contributed by atoms with E-state index in [1.807, 2.05) is 0 Å². The van der Waals surface area contributed by atoms with Gasteiger partial charge in [-0.15, -0.1) is 0 Å². The first kappa shape index (κ1) is 45.9. The molecule has 13 rings (SSSR count). The van der Waals surface area contributed by atoms with Crippen molar-refractivity contribution in [1.82, 2.24) is 4.57 Å². The topological polar surface area (TPSA) is 24.6 Å². The molecule has 0 radical (unpaired) electrons. The SMILES string of the molecule is Cc1cc2c(cc1N1c3cc(C(C)(C)C)ccc3B3c4c1cc(N1c5ccc(C(C)(C)C)cc5C5(C)C=CCCC15C)cc4-n1c4c3cc(C(C)(C)C)cc4c3oc4ccccc4c31)C(C)(C)CCC2(C)C. The normalized spacial score (nSPS) is 21.6. The van der Waals surface area contributed by atoms with Crippen molar-refractivity contribution in [2.24, 2.45) is 0 Å². The van der Waals surface area contributed by atoms with Crippen LogP contribution in [0.4, 0.5) is 28.4 Å². The van der Waals surface area contributed by atoms with Gasteiger partial charge in [-0.1, -0.05) is 151 Å². The van der Waals surface area contributed by atoms with Crippen LogP contribution in [-0.4, -0.2) is 16.8 Å². The van der Waals surface area contributed by atoms with Crippen molar-refractivity contribution < 1.29 is 4.42 Å². The highest BCUT2D eigenvalue weighted by molar-refractivity contribution is 7.00. The number of aromatic nitrogens is 1. The molecule has 366 valence electrons. The lowest BCUT2D eigenvalue weighted by molar-refractivity contribution is 0.303. The molecule has 2 atom stereocenters. The summed E-state index contributed by atoms with van der Waals surface area (Å²) in [7, 11) is 0. The zero-order chi connectivity index (χ0) is 50.8. The number of nitrogens with zero attached hydrogens (tertiary/aromatic N) is 3. The van der Waals surface area contributed by atoms with E-state index in [1.54, 1.807) is 0 Å². The number of para-hydroxylation sites is 1. The number of benzene rings is 6. The van der Waals surface area contributed by atoms with Gasteiger partial charge in [0.25, 0.3) is 6.71 Å². The van der Waals surface area contributed by atoms with E-state index in [0.29, 0.717) is 0 Å². The molecule has 0 amide bonds. The summed E-state index contributed by atoms with van der Waals surface area (Å²) in [5, 5.41) is 2.35. The quantitative estimate of drug-likeness (QED) is 0.127. The highest BCUT2D eigenvalue weighted by atomic mass is 16.3. The monoisotopic (exact) mass is 948 g/mol. The van der Waals surface area contributed by atoms with Crippen LogP contribution in [0.5, 0.6) is 0 Å². The summed E-state index contributed by atoms with van der Waals surface area (Å²) < 4.78 is 9.76. The van der Waals surface area contributed by atoms with E-state index in [2.05, 4.69) is 234 Å². The van der Waals surface area contributed by atoms with Crippen molar-refractivity contribution in [3.63, 3.8) is 0 Å². The molecule has 3 aliphatic heterocycles. The molecule has 0 bridgehead atoms. The van der Waals surface area contributed by atoms with E-state index in [0.717, 1.165) is 41.3 Å². The molecule has 0 N–H and O–H groups in total. The van der Waals surface area contributed by atoms with Crippen LogP contribution in [0.25, 0.3) is 38.7 Å². The molecule has 2 aromatic heterocycles. The Bertz CT molecular complexity index is 3720. The predicted octanol–water partition coefficient (Wildman–Crippen LogP) is 16.2. The fraction of sp³-hybridized carbons (Fsp3) is 0.403. The molecular weight excluding hydrogens is 874 g/mol. The zero-order valence-electron chi connectivity index (χ0n) is 46.0. The minimum atomic E-state index is -0.229. The Balaban J connectivity index is 1.22. The summed E-state index contributed by atoms with van der Waals surface area (Å²) in [6, 6.07) is 39.1. The average Bonchev–Trinajstić information content (AvgIpc) is 3.91. The van der Waals surface area contributed by atoms with E-state index in [9.17, 15) is 0 Å². The molecule has 6 aromatic carbocycles. The van der Waals surface area contributed by atoms with E-state index in [4.69, 9.17) is 4.42 Å². The fourth-order valence-electron chi connectivity index (χ4n) is 14.3. The maximum atomic E-state index is 7.11. The summed E-state index contributed by atoms with van der Waals surface area (Å²) in [6.07, 6.45) is 9.44. The second-order valence-corrected chi connectivity index (χ2v) is 27.7. The average molecular weight is 948 g/mol. The molecule has 0 spiro atoms. The van der Waals surface area contributed by atoms with Crippen molar-refractivity contribution >= 4 is 84.5 Å². The Morgan fingerprint density at radius 3 is 1.90 bits per heavy atom. The number of anilines is 5. The van der Waals surface area contributed by atoms with Gasteiger partial charge < -0.3 is 18.8 Å². The molecule has 72 heavy (non-hydrogen) atoms. The maximum Gasteiger partial charge on any atom is 0.252 e. The van der Waals surface area contributed by atoms with Gasteiger partial charge in [-0.2, -0.15) is 0 Å². The van der Waals surface area contributed by atoms with Gasteiger partial charge in [-0.05, 0) is 177 Å². The first-order valence-corrected chi connectivity index (χ1v) is 27.1. The summed E-state index contributed by atoms with van der Waals surface area (Å²) in [5.74, 6) is 0. The molecule has 0 saturated heterocycles. The third-order valence-corrected chi connectivity index (χ3v) is 19.1. The van der Waals surface area contributed by atoms with Crippen LogP contribution < -0.4 is 26.2 Å². The molecule has 2 aliphatic carbocycles. The molecule has 8 aromatic rings. The standard InChI is InChI=1S/C67H74BN3O/c1-39-31-46-47(65(13,14)30-29-64(46,11)12)38-52(39)69-53-35-41(62(5,6)7)23-25-49(53)68-50-34-42(63(8,9)10)32-45-58(50)70(59-44-21-17-18-22-56(44)72-60(45)59)55-37-43(36-54(69)57(55)68)71-51-26-24-40(61(2,3)4)33-48(51)66(15)27-19-20-28-67(66,71)16/h17-19,21-27,31-38H,20,28-30H2,1-16H3. The van der Waals surface area contributed by atoms with Gasteiger partial charge >= 0.3 is 0 Å². The molecule has 4 nitrogen and oxygen atoms in total. The van der Waals surface area contributed by atoms with Gasteiger partial charge in [0, 0.05) is 50.3 Å². The molecular formula is C67H74BN3O. The number of rotatable bonds is 2. The van der Waals surface area contributed by atoms with Crippen LogP contribution >= 0.6 is 0 Å². The minimum Gasteiger partial charge on any atom is -0.454 e. The fourth-order valence-corrected chi connectivity index (χ4v) is 14.3. The second kappa shape index (κ2) is 14.2. The lowest BCUT2D eigenvalue weighted by Crippen LogP contribution is -2.61. The largest absolute Gasteiger partial charge is 0.454 e. The highest BCUT2D eigenvalue weighted by Gasteiger charge is 2.57. The Morgan fingerprint density at radius 2 is 1.19 bits per heavy atom.